The van der Waals surface area contributed by atoms with E-state index in [1.807, 2.05) is 42.7 Å². The molecule has 0 radical (unpaired) electrons. The van der Waals surface area contributed by atoms with Gasteiger partial charge in [0.25, 0.3) is 0 Å². The van der Waals surface area contributed by atoms with Crippen molar-refractivity contribution < 1.29 is 14.7 Å². The number of hydrogen-bond donors (Lipinski definition) is 4. The first-order valence-electron chi connectivity index (χ1n) is 10.1. The zero-order valence-corrected chi connectivity index (χ0v) is 17.0. The maximum atomic E-state index is 12.0. The van der Waals surface area contributed by atoms with Gasteiger partial charge in [0.1, 0.15) is 5.78 Å². The second-order valence-electron chi connectivity index (χ2n) is 7.37. The number of hydrogen-bond acceptors (Lipinski definition) is 4. The number of H-pyrrole nitrogens is 1. The van der Waals surface area contributed by atoms with Crippen LogP contribution in [0.5, 0.6) is 0 Å². The number of aromatic nitrogens is 1. The summed E-state index contributed by atoms with van der Waals surface area (Å²) < 4.78 is 0. The van der Waals surface area contributed by atoms with Crippen LogP contribution in [0.3, 0.4) is 0 Å². The Bertz CT molecular complexity index is 793. The molecule has 0 fully saturated rings. The van der Waals surface area contributed by atoms with Crippen LogP contribution in [0.1, 0.15) is 51.0 Å². The number of aliphatic hydroxyl groups excluding tert-OH is 1. The Kier molecular flexibility index (Phi) is 9.18. The van der Waals surface area contributed by atoms with Crippen molar-refractivity contribution in [3.8, 4) is 11.1 Å². The number of rotatable bonds is 12. The van der Waals surface area contributed by atoms with E-state index in [1.54, 1.807) is 6.92 Å². The largest absolute Gasteiger partial charge is 0.512 e. The second-order valence-corrected chi connectivity index (χ2v) is 7.37. The van der Waals surface area contributed by atoms with Gasteiger partial charge in [0, 0.05) is 37.8 Å². The number of benzene rings is 1. The molecule has 1 heterocycles. The van der Waals surface area contributed by atoms with Crippen LogP contribution in [-0.4, -0.2) is 27.8 Å². The zero-order chi connectivity index (χ0) is 21.1. The van der Waals surface area contributed by atoms with Crippen molar-refractivity contribution in [1.29, 1.82) is 0 Å². The molecule has 5 N–H and O–H groups in total. The maximum Gasteiger partial charge on any atom is 0.220 e. The minimum absolute atomic E-state index is 0.00747. The van der Waals surface area contributed by atoms with E-state index >= 15 is 0 Å². The normalized spacial score (nSPS) is 12.6. The van der Waals surface area contributed by atoms with Crippen LogP contribution >= 0.6 is 0 Å². The van der Waals surface area contributed by atoms with Crippen LogP contribution < -0.4 is 11.1 Å². The number of aromatic amines is 1. The third-order valence-corrected chi connectivity index (χ3v) is 4.57. The van der Waals surface area contributed by atoms with E-state index in [0.29, 0.717) is 19.4 Å². The van der Waals surface area contributed by atoms with Gasteiger partial charge in [-0.05, 0) is 48.6 Å². The van der Waals surface area contributed by atoms with E-state index in [-0.39, 0.29) is 29.9 Å². The Morgan fingerprint density at radius 1 is 1.10 bits per heavy atom. The van der Waals surface area contributed by atoms with Gasteiger partial charge in [-0.25, -0.2) is 0 Å². The van der Waals surface area contributed by atoms with E-state index in [9.17, 15) is 14.7 Å². The van der Waals surface area contributed by atoms with Crippen LogP contribution in [0, 0.1) is 0 Å². The molecular weight excluding hydrogens is 366 g/mol. The summed E-state index contributed by atoms with van der Waals surface area (Å²) in [6.07, 6.45) is 8.49. The average Bonchev–Trinajstić information content (AvgIpc) is 3.20. The highest BCUT2D eigenvalue weighted by Crippen LogP contribution is 2.18. The molecular formula is C23H31N3O3. The molecule has 2 rings (SSSR count). The minimum atomic E-state index is -0.265. The van der Waals surface area contributed by atoms with E-state index in [1.165, 1.54) is 6.08 Å². The molecule has 1 atom stereocenters. The van der Waals surface area contributed by atoms with Crippen molar-refractivity contribution in [2.24, 2.45) is 5.73 Å². The summed E-state index contributed by atoms with van der Waals surface area (Å²) in [7, 11) is 0. The van der Waals surface area contributed by atoms with Crippen molar-refractivity contribution in [2.75, 3.05) is 0 Å². The number of carbonyl (C=O) groups excluding carboxylic acids is 2. The highest BCUT2D eigenvalue weighted by Gasteiger charge is 2.07. The van der Waals surface area contributed by atoms with Gasteiger partial charge < -0.3 is 21.1 Å². The molecule has 1 unspecified atom stereocenters. The van der Waals surface area contributed by atoms with Crippen LogP contribution in [-0.2, 0) is 16.1 Å². The Hall–Kier alpha value is -2.86. The first-order valence-corrected chi connectivity index (χ1v) is 10.1. The van der Waals surface area contributed by atoms with Gasteiger partial charge in [0.05, 0.1) is 12.2 Å². The van der Waals surface area contributed by atoms with E-state index in [0.717, 1.165) is 36.0 Å². The predicted molar refractivity (Wildman–Crippen MR) is 115 cm³/mol. The number of amides is 1. The lowest BCUT2D eigenvalue weighted by atomic mass is 10.1. The summed E-state index contributed by atoms with van der Waals surface area (Å²) in [5.74, 6) is 0.0426. The zero-order valence-electron chi connectivity index (χ0n) is 17.0. The fraction of sp³-hybridized carbons (Fsp3) is 0.391. The van der Waals surface area contributed by atoms with E-state index in [4.69, 9.17) is 5.73 Å². The van der Waals surface area contributed by atoms with Gasteiger partial charge in [-0.2, -0.15) is 0 Å². The summed E-state index contributed by atoms with van der Waals surface area (Å²) in [5.41, 5.74) is 8.87. The van der Waals surface area contributed by atoms with Gasteiger partial charge in [-0.15, -0.1) is 0 Å². The maximum absolute atomic E-state index is 12.0. The molecule has 0 aliphatic rings. The monoisotopic (exact) mass is 397 g/mol. The van der Waals surface area contributed by atoms with Crippen molar-refractivity contribution in [2.45, 2.75) is 58.0 Å². The molecule has 6 nitrogen and oxygen atoms in total. The predicted octanol–water partition coefficient (Wildman–Crippen LogP) is 4.00. The van der Waals surface area contributed by atoms with E-state index < -0.39 is 0 Å². The highest BCUT2D eigenvalue weighted by atomic mass is 16.3. The number of allylic oxidation sites excluding steroid dienone is 1. The summed E-state index contributed by atoms with van der Waals surface area (Å²) in [4.78, 5) is 26.8. The topological polar surface area (TPSA) is 108 Å². The number of nitrogens with one attached hydrogen (secondary N) is 2. The average molecular weight is 398 g/mol. The summed E-state index contributed by atoms with van der Waals surface area (Å²) in [6, 6.07) is 9.88. The molecule has 1 amide bonds. The van der Waals surface area contributed by atoms with Crippen molar-refractivity contribution >= 4 is 11.7 Å². The fourth-order valence-electron chi connectivity index (χ4n) is 3.04. The quantitative estimate of drug-likeness (QED) is 0.321. The smallest absolute Gasteiger partial charge is 0.220 e. The van der Waals surface area contributed by atoms with Crippen LogP contribution in [0.15, 0.2) is 54.6 Å². The molecule has 156 valence electrons. The number of aliphatic hydroxyl groups is 1. The number of nitrogens with two attached hydrogens (primary N) is 1. The Labute approximate surface area is 172 Å². The van der Waals surface area contributed by atoms with Crippen molar-refractivity contribution in [3.63, 3.8) is 0 Å². The van der Waals surface area contributed by atoms with Crippen LogP contribution in [0.4, 0.5) is 0 Å². The summed E-state index contributed by atoms with van der Waals surface area (Å²) >= 11 is 0. The number of carbonyl (C=O) groups is 2. The van der Waals surface area contributed by atoms with Gasteiger partial charge in [-0.1, -0.05) is 30.7 Å². The first-order chi connectivity index (χ1) is 13.9. The van der Waals surface area contributed by atoms with Crippen LogP contribution in [0.25, 0.3) is 11.1 Å². The number of unbranched alkanes of at least 4 members (excludes halogenated alkanes) is 2. The van der Waals surface area contributed by atoms with Gasteiger partial charge in [0.2, 0.25) is 5.91 Å². The summed E-state index contributed by atoms with van der Waals surface area (Å²) in [5, 5.41) is 12.5. The number of Topliss-reactive ketones (excluding diaryl/α,β-unsaturated/α-hetero) is 1. The minimum Gasteiger partial charge on any atom is -0.512 e. The lowest BCUT2D eigenvalue weighted by Gasteiger charge is -2.07. The first kappa shape index (κ1) is 22.4. The highest BCUT2D eigenvalue weighted by molar-refractivity contribution is 5.80. The molecule has 0 bridgehead atoms. The third kappa shape index (κ3) is 8.79. The molecule has 0 spiro atoms. The molecule has 6 heteroatoms. The SMILES string of the molecule is CC(N)/C=C(\O)CC(=O)CCCCCC(=O)NCc1ccc(-c2cc[nH]c2)cc1. The Balaban J connectivity index is 1.57. The lowest BCUT2D eigenvalue weighted by Crippen LogP contribution is -2.22. The van der Waals surface area contributed by atoms with Gasteiger partial charge in [0.15, 0.2) is 0 Å². The molecule has 29 heavy (non-hydrogen) atoms. The molecule has 0 saturated heterocycles. The van der Waals surface area contributed by atoms with Gasteiger partial charge in [-0.3, -0.25) is 9.59 Å². The van der Waals surface area contributed by atoms with Crippen molar-refractivity contribution in [1.82, 2.24) is 10.3 Å². The molecule has 0 saturated carbocycles. The van der Waals surface area contributed by atoms with Crippen molar-refractivity contribution in [3.05, 3.63) is 60.1 Å². The lowest BCUT2D eigenvalue weighted by molar-refractivity contribution is -0.121. The van der Waals surface area contributed by atoms with E-state index in [2.05, 4.69) is 10.3 Å². The molecule has 1 aromatic heterocycles. The number of ketones is 1. The summed E-state index contributed by atoms with van der Waals surface area (Å²) in [6.45, 7) is 2.25. The van der Waals surface area contributed by atoms with Crippen LogP contribution in [0.2, 0.25) is 0 Å². The molecule has 1 aromatic carbocycles. The van der Waals surface area contributed by atoms with Gasteiger partial charge >= 0.3 is 0 Å². The Morgan fingerprint density at radius 2 is 1.83 bits per heavy atom. The molecule has 0 aliphatic carbocycles. The third-order valence-electron chi connectivity index (χ3n) is 4.57. The Morgan fingerprint density at radius 3 is 2.48 bits per heavy atom. The standard InChI is InChI=1S/C23H31N3O3/c1-17(24)13-22(28)14-21(27)5-3-2-4-6-23(29)26-15-18-7-9-19(10-8-18)20-11-12-25-16-20/h7-13,16-17,25,28H,2-6,14-15,24H2,1H3,(H,26,29)/b22-13-. The second kappa shape index (κ2) is 11.9. The molecule has 0 aliphatic heterocycles. The fourth-order valence-corrected chi connectivity index (χ4v) is 3.04. The molecule has 2 aromatic rings.